The monoisotopic (exact) mass is 555 g/mol. The standard InChI is InChI=1S/C34H33N7O/c1-2-31(42)40-19-16-24(17-20-40)37-29-13-10-23-21-25(11-12-26(23)29)41-33(27-9-6-18-36-32(27)35)39-30-15-14-28(38-34(30)41)22-7-4-3-5-8-22/h2-9,11-12,14-15,18,21,24,29,37H,1,10,13,16-17,19-20H2,(H2,35,36)/t29-/m0/s1. The predicted octanol–water partition coefficient (Wildman–Crippen LogP) is 5.49. The summed E-state index contributed by atoms with van der Waals surface area (Å²) in [5.74, 6) is 1.18. The molecule has 3 aromatic heterocycles. The van der Waals surface area contributed by atoms with E-state index in [1.54, 1.807) is 6.20 Å². The fourth-order valence-electron chi connectivity index (χ4n) is 6.36. The van der Waals surface area contributed by atoms with E-state index >= 15 is 0 Å². The lowest BCUT2D eigenvalue weighted by Gasteiger charge is -2.33. The number of nitrogens with one attached hydrogen (secondary N) is 1. The van der Waals surface area contributed by atoms with Crippen molar-refractivity contribution in [2.24, 2.45) is 0 Å². The number of nitrogens with zero attached hydrogens (tertiary/aromatic N) is 5. The van der Waals surface area contributed by atoms with E-state index in [-0.39, 0.29) is 5.91 Å². The minimum atomic E-state index is 0.0250. The van der Waals surface area contributed by atoms with Crippen molar-refractivity contribution in [1.82, 2.24) is 29.7 Å². The third kappa shape index (κ3) is 4.73. The van der Waals surface area contributed by atoms with Crippen LogP contribution >= 0.6 is 0 Å². The zero-order chi connectivity index (χ0) is 28.6. The Hall–Kier alpha value is -4.82. The summed E-state index contributed by atoms with van der Waals surface area (Å²) in [6.07, 6.45) is 7.06. The van der Waals surface area contributed by atoms with Gasteiger partial charge in [0.05, 0.1) is 11.3 Å². The van der Waals surface area contributed by atoms with Gasteiger partial charge in [0.1, 0.15) is 11.3 Å². The Kier molecular flexibility index (Phi) is 6.76. The van der Waals surface area contributed by atoms with Crippen LogP contribution in [0.2, 0.25) is 0 Å². The average Bonchev–Trinajstić information content (AvgIpc) is 3.62. The van der Waals surface area contributed by atoms with E-state index in [4.69, 9.17) is 15.7 Å². The van der Waals surface area contributed by atoms with Crippen molar-refractivity contribution in [3.8, 4) is 28.3 Å². The highest BCUT2D eigenvalue weighted by Gasteiger charge is 2.29. The van der Waals surface area contributed by atoms with Crippen LogP contribution in [0.15, 0.2) is 91.6 Å². The van der Waals surface area contributed by atoms with Crippen molar-refractivity contribution in [2.75, 3.05) is 18.8 Å². The number of amides is 1. The lowest BCUT2D eigenvalue weighted by molar-refractivity contribution is -0.127. The number of benzene rings is 2. The second-order valence-corrected chi connectivity index (χ2v) is 11.1. The molecule has 3 N–H and O–H groups in total. The van der Waals surface area contributed by atoms with Crippen LogP contribution in [-0.4, -0.2) is 49.5 Å². The summed E-state index contributed by atoms with van der Waals surface area (Å²) in [4.78, 5) is 28.3. The molecule has 1 amide bonds. The first-order valence-corrected chi connectivity index (χ1v) is 14.6. The van der Waals surface area contributed by atoms with E-state index in [0.29, 0.717) is 17.9 Å². The molecule has 1 atom stereocenters. The molecule has 42 heavy (non-hydrogen) atoms. The van der Waals surface area contributed by atoms with Crippen molar-refractivity contribution in [2.45, 2.75) is 37.8 Å². The Morgan fingerprint density at radius 2 is 1.81 bits per heavy atom. The maximum Gasteiger partial charge on any atom is 0.245 e. The van der Waals surface area contributed by atoms with Crippen molar-refractivity contribution in [3.63, 3.8) is 0 Å². The second-order valence-electron chi connectivity index (χ2n) is 11.1. The zero-order valence-electron chi connectivity index (χ0n) is 23.4. The van der Waals surface area contributed by atoms with Gasteiger partial charge < -0.3 is 16.0 Å². The summed E-state index contributed by atoms with van der Waals surface area (Å²) in [6, 6.07) is 25.5. The zero-order valence-corrected chi connectivity index (χ0v) is 23.4. The largest absolute Gasteiger partial charge is 0.383 e. The molecule has 210 valence electrons. The van der Waals surface area contributed by atoms with Crippen LogP contribution in [-0.2, 0) is 11.2 Å². The number of rotatable bonds is 6. The molecule has 0 unspecified atom stereocenters. The molecule has 5 aromatic rings. The number of aromatic nitrogens is 4. The van der Waals surface area contributed by atoms with Crippen molar-refractivity contribution < 1.29 is 4.79 Å². The number of imidazole rings is 1. The van der Waals surface area contributed by atoms with Gasteiger partial charge in [0.25, 0.3) is 0 Å². The van der Waals surface area contributed by atoms with Crippen LogP contribution in [0.1, 0.15) is 36.4 Å². The number of aryl methyl sites for hydroxylation is 1. The smallest absolute Gasteiger partial charge is 0.245 e. The molecule has 0 bridgehead atoms. The number of carbonyl (C=O) groups excluding carboxylic acids is 1. The fraction of sp³-hybridized carbons (Fsp3) is 0.235. The molecular formula is C34H33N7O. The molecular weight excluding hydrogens is 522 g/mol. The molecule has 8 nitrogen and oxygen atoms in total. The first kappa shape index (κ1) is 26.1. The Labute approximate surface area is 244 Å². The molecule has 2 aromatic carbocycles. The van der Waals surface area contributed by atoms with E-state index in [0.717, 1.165) is 78.3 Å². The highest BCUT2D eigenvalue weighted by atomic mass is 16.2. The summed E-state index contributed by atoms with van der Waals surface area (Å²) in [7, 11) is 0. The summed E-state index contributed by atoms with van der Waals surface area (Å²) in [6.45, 7) is 5.17. The van der Waals surface area contributed by atoms with Gasteiger partial charge in [0.2, 0.25) is 5.91 Å². The van der Waals surface area contributed by atoms with Gasteiger partial charge in [0, 0.05) is 42.6 Å². The van der Waals surface area contributed by atoms with E-state index in [1.165, 1.54) is 17.2 Å². The Balaban J connectivity index is 1.24. The molecule has 0 saturated carbocycles. The maximum absolute atomic E-state index is 12.0. The number of nitrogen functional groups attached to an aromatic ring is 1. The quantitative estimate of drug-likeness (QED) is 0.269. The summed E-state index contributed by atoms with van der Waals surface area (Å²) in [5.41, 5.74) is 14.3. The predicted molar refractivity (Wildman–Crippen MR) is 166 cm³/mol. The lowest BCUT2D eigenvalue weighted by Crippen LogP contribution is -2.45. The number of nitrogens with two attached hydrogens (primary N) is 1. The van der Waals surface area contributed by atoms with Crippen LogP contribution in [0, 0.1) is 0 Å². The number of hydrogen-bond acceptors (Lipinski definition) is 6. The highest BCUT2D eigenvalue weighted by molar-refractivity contribution is 5.87. The number of anilines is 1. The third-order valence-electron chi connectivity index (χ3n) is 8.53. The first-order valence-electron chi connectivity index (χ1n) is 14.6. The van der Waals surface area contributed by atoms with Gasteiger partial charge in [-0.1, -0.05) is 43.0 Å². The van der Waals surface area contributed by atoms with Gasteiger partial charge in [0.15, 0.2) is 11.5 Å². The van der Waals surface area contributed by atoms with E-state index in [2.05, 4.69) is 51.8 Å². The van der Waals surface area contributed by atoms with Crippen LogP contribution in [0.4, 0.5) is 5.82 Å². The average molecular weight is 556 g/mol. The van der Waals surface area contributed by atoms with Crippen molar-refractivity contribution in [1.29, 1.82) is 0 Å². The van der Waals surface area contributed by atoms with Crippen molar-refractivity contribution in [3.05, 3.63) is 103 Å². The van der Waals surface area contributed by atoms with Gasteiger partial charge in [-0.3, -0.25) is 9.36 Å². The molecule has 1 aliphatic carbocycles. The number of pyridine rings is 2. The Morgan fingerprint density at radius 3 is 2.60 bits per heavy atom. The van der Waals surface area contributed by atoms with Gasteiger partial charge in [-0.05, 0) is 79.3 Å². The normalized spacial score (nSPS) is 17.0. The number of fused-ring (bicyclic) bond motifs is 2. The van der Waals surface area contributed by atoms with Crippen molar-refractivity contribution >= 4 is 22.9 Å². The Bertz CT molecular complexity index is 1790. The van der Waals surface area contributed by atoms with Gasteiger partial charge >= 0.3 is 0 Å². The van der Waals surface area contributed by atoms with Crippen LogP contribution in [0.25, 0.3) is 39.5 Å². The van der Waals surface area contributed by atoms with E-state index < -0.39 is 0 Å². The molecule has 1 saturated heterocycles. The van der Waals surface area contributed by atoms with Crippen LogP contribution in [0.5, 0.6) is 0 Å². The molecule has 2 aliphatic rings. The van der Waals surface area contributed by atoms with E-state index in [9.17, 15) is 4.79 Å². The minimum Gasteiger partial charge on any atom is -0.383 e. The van der Waals surface area contributed by atoms with Gasteiger partial charge in [-0.15, -0.1) is 0 Å². The number of likely N-dealkylation sites (tertiary alicyclic amines) is 1. The summed E-state index contributed by atoms with van der Waals surface area (Å²) in [5, 5.41) is 3.89. The van der Waals surface area contributed by atoms with Gasteiger partial charge in [-0.2, -0.15) is 0 Å². The molecule has 7 rings (SSSR count). The summed E-state index contributed by atoms with van der Waals surface area (Å²) >= 11 is 0. The first-order chi connectivity index (χ1) is 20.6. The molecule has 0 spiro atoms. The molecule has 4 heterocycles. The van der Waals surface area contributed by atoms with Crippen LogP contribution < -0.4 is 11.1 Å². The number of piperidine rings is 1. The number of hydrogen-bond donors (Lipinski definition) is 2. The number of carbonyl (C=O) groups is 1. The maximum atomic E-state index is 12.0. The third-order valence-corrected chi connectivity index (χ3v) is 8.53. The lowest BCUT2D eigenvalue weighted by atomic mass is 10.0. The molecule has 0 radical (unpaired) electrons. The summed E-state index contributed by atoms with van der Waals surface area (Å²) < 4.78 is 2.11. The second kappa shape index (κ2) is 10.9. The molecule has 1 fully saturated rings. The minimum absolute atomic E-state index is 0.0250. The molecule has 1 aliphatic heterocycles. The van der Waals surface area contributed by atoms with E-state index in [1.807, 2.05) is 47.4 Å². The van der Waals surface area contributed by atoms with Gasteiger partial charge in [-0.25, -0.2) is 15.0 Å². The topological polar surface area (TPSA) is 102 Å². The Morgan fingerprint density at radius 1 is 0.976 bits per heavy atom. The SMILES string of the molecule is C=CC(=O)N1CCC(N[C@H]2CCc3cc(-n4c(-c5cccnc5N)nc5ccc(-c6ccccc6)nc54)ccc32)CC1. The molecule has 8 heteroatoms. The van der Waals surface area contributed by atoms with Crippen LogP contribution in [0.3, 0.4) is 0 Å². The highest BCUT2D eigenvalue weighted by Crippen LogP contribution is 2.37. The fourth-order valence-corrected chi connectivity index (χ4v) is 6.36.